The Morgan fingerprint density at radius 1 is 1.29 bits per heavy atom. The molecule has 2 heterocycles. The van der Waals surface area contributed by atoms with Crippen LogP contribution in [0.25, 0.3) is 0 Å². The molecule has 0 radical (unpaired) electrons. The van der Waals surface area contributed by atoms with Crippen molar-refractivity contribution in [1.82, 2.24) is 15.2 Å². The van der Waals surface area contributed by atoms with E-state index in [-0.39, 0.29) is 16.6 Å². The maximum atomic E-state index is 12.7. The Balaban J connectivity index is 1.56. The van der Waals surface area contributed by atoms with Crippen molar-refractivity contribution in [1.29, 1.82) is 0 Å². The van der Waals surface area contributed by atoms with Crippen molar-refractivity contribution in [3.05, 3.63) is 47.1 Å². The van der Waals surface area contributed by atoms with E-state index in [9.17, 15) is 18.0 Å². The highest BCUT2D eigenvalue weighted by molar-refractivity contribution is 8.01. The van der Waals surface area contributed by atoms with Crippen LogP contribution in [-0.4, -0.2) is 33.4 Å². The van der Waals surface area contributed by atoms with E-state index in [1.165, 1.54) is 11.3 Å². The van der Waals surface area contributed by atoms with Crippen molar-refractivity contribution in [2.45, 2.75) is 17.4 Å². The second kappa shape index (κ2) is 10.2. The number of ether oxygens (including phenoxy) is 1. The topological polar surface area (TPSA) is 89.0 Å². The summed E-state index contributed by atoms with van der Waals surface area (Å²) in [7, 11) is 0. The van der Waals surface area contributed by atoms with Crippen LogP contribution >= 0.6 is 34.7 Å². The minimum atomic E-state index is -4.57. The molecule has 0 saturated heterocycles. The van der Waals surface area contributed by atoms with Crippen molar-refractivity contribution in [3.63, 3.8) is 0 Å². The van der Waals surface area contributed by atoms with Gasteiger partial charge in [0.15, 0.2) is 10.2 Å². The van der Waals surface area contributed by atoms with Gasteiger partial charge in [-0.25, -0.2) is 4.98 Å². The molecule has 0 aliphatic rings. The number of aromatic nitrogens is 3. The SMILES string of the molecule is CCOc1ccccc1Nc1nnc(SCC(=O)Nc2ncc(C(F)(F)F)cc2Cl)s1. The molecule has 3 rings (SSSR count). The van der Waals surface area contributed by atoms with E-state index in [4.69, 9.17) is 16.3 Å². The highest BCUT2D eigenvalue weighted by Crippen LogP contribution is 2.33. The summed E-state index contributed by atoms with van der Waals surface area (Å²) in [6.45, 7) is 2.40. The average molecular weight is 490 g/mol. The van der Waals surface area contributed by atoms with Crippen LogP contribution in [0.2, 0.25) is 5.02 Å². The van der Waals surface area contributed by atoms with Gasteiger partial charge < -0.3 is 15.4 Å². The predicted molar refractivity (Wildman–Crippen MR) is 114 cm³/mol. The Morgan fingerprint density at radius 3 is 2.77 bits per heavy atom. The third-order valence-corrected chi connectivity index (χ3v) is 5.85. The van der Waals surface area contributed by atoms with Gasteiger partial charge in [-0.2, -0.15) is 13.2 Å². The van der Waals surface area contributed by atoms with Crippen LogP contribution in [0.3, 0.4) is 0 Å². The number of carbonyl (C=O) groups is 1. The number of hydrogen-bond acceptors (Lipinski definition) is 8. The number of anilines is 3. The third-order valence-electron chi connectivity index (χ3n) is 3.59. The number of thioether (sulfide) groups is 1. The van der Waals surface area contributed by atoms with Crippen molar-refractivity contribution >= 4 is 57.2 Å². The highest BCUT2D eigenvalue weighted by Gasteiger charge is 2.31. The van der Waals surface area contributed by atoms with E-state index in [2.05, 4.69) is 25.8 Å². The molecule has 0 aliphatic carbocycles. The summed E-state index contributed by atoms with van der Waals surface area (Å²) in [5, 5.41) is 13.7. The van der Waals surface area contributed by atoms with Crippen molar-refractivity contribution in [2.75, 3.05) is 23.0 Å². The van der Waals surface area contributed by atoms with E-state index in [0.717, 1.165) is 17.4 Å². The summed E-state index contributed by atoms with van der Waals surface area (Å²) in [5.74, 6) is -0.0175. The zero-order valence-corrected chi connectivity index (χ0v) is 18.3. The van der Waals surface area contributed by atoms with Crippen LogP contribution in [0.5, 0.6) is 5.75 Å². The number of nitrogens with zero attached hydrogens (tertiary/aromatic N) is 3. The van der Waals surface area contributed by atoms with Crippen molar-refractivity contribution < 1.29 is 22.7 Å². The molecule has 0 saturated carbocycles. The lowest BCUT2D eigenvalue weighted by atomic mass is 10.3. The van der Waals surface area contributed by atoms with Gasteiger partial charge in [-0.15, -0.1) is 10.2 Å². The van der Waals surface area contributed by atoms with Gasteiger partial charge in [0.05, 0.1) is 28.6 Å². The molecule has 1 amide bonds. The van der Waals surface area contributed by atoms with Crippen LogP contribution in [0.1, 0.15) is 12.5 Å². The first kappa shape index (κ1) is 23.1. The smallest absolute Gasteiger partial charge is 0.417 e. The molecule has 0 unspecified atom stereocenters. The molecule has 0 bridgehead atoms. The van der Waals surface area contributed by atoms with E-state index >= 15 is 0 Å². The fraction of sp³-hybridized carbons (Fsp3) is 0.222. The molecule has 13 heteroatoms. The number of pyridine rings is 1. The predicted octanol–water partition coefficient (Wildman–Crippen LogP) is 5.48. The zero-order chi connectivity index (χ0) is 22.4. The van der Waals surface area contributed by atoms with Crippen LogP contribution in [0.4, 0.5) is 29.8 Å². The molecule has 0 spiro atoms. The lowest BCUT2D eigenvalue weighted by Gasteiger charge is -2.09. The molecule has 2 aromatic heterocycles. The second-order valence-corrected chi connectivity index (χ2v) is 8.42. The van der Waals surface area contributed by atoms with Gasteiger partial charge in [0.1, 0.15) is 5.75 Å². The van der Waals surface area contributed by atoms with Crippen LogP contribution < -0.4 is 15.4 Å². The quantitative estimate of drug-likeness (QED) is 0.405. The third kappa shape index (κ3) is 6.45. The Bertz CT molecular complexity index is 1060. The summed E-state index contributed by atoms with van der Waals surface area (Å²) in [6, 6.07) is 8.08. The number of nitrogens with one attached hydrogen (secondary N) is 2. The molecule has 3 aromatic rings. The number of rotatable bonds is 8. The normalized spacial score (nSPS) is 11.3. The standard InChI is InChI=1S/C18H15ClF3N5O2S2/c1-2-29-13-6-4-3-5-12(13)24-16-26-27-17(31-16)30-9-14(28)25-15-11(19)7-10(8-23-15)18(20,21)22/h3-8H,2,9H2,1H3,(H,24,26)(H,23,25,28). The Hall–Kier alpha value is -2.57. The molecule has 2 N–H and O–H groups in total. The molecule has 7 nitrogen and oxygen atoms in total. The first-order valence-corrected chi connectivity index (χ1v) is 10.9. The maximum Gasteiger partial charge on any atom is 0.417 e. The van der Waals surface area contributed by atoms with Gasteiger partial charge >= 0.3 is 6.18 Å². The van der Waals surface area contributed by atoms with Gasteiger partial charge in [-0.05, 0) is 25.1 Å². The lowest BCUT2D eigenvalue weighted by Crippen LogP contribution is -2.16. The molecule has 0 aliphatic heterocycles. The molecule has 164 valence electrons. The minimum Gasteiger partial charge on any atom is -0.492 e. The van der Waals surface area contributed by atoms with E-state index in [1.54, 1.807) is 0 Å². The van der Waals surface area contributed by atoms with Gasteiger partial charge in [-0.1, -0.05) is 46.8 Å². The Kier molecular flexibility index (Phi) is 7.57. The summed E-state index contributed by atoms with van der Waals surface area (Å²) in [6.07, 6.45) is -3.96. The van der Waals surface area contributed by atoms with Gasteiger partial charge in [0.2, 0.25) is 11.0 Å². The maximum absolute atomic E-state index is 12.7. The monoisotopic (exact) mass is 489 g/mol. The van der Waals surface area contributed by atoms with E-state index in [1.807, 2.05) is 31.2 Å². The van der Waals surface area contributed by atoms with Crippen molar-refractivity contribution in [3.8, 4) is 5.75 Å². The molecular formula is C18H15ClF3N5O2S2. The van der Waals surface area contributed by atoms with Gasteiger partial charge in [0, 0.05) is 6.20 Å². The summed E-state index contributed by atoms with van der Waals surface area (Å²) in [4.78, 5) is 15.7. The van der Waals surface area contributed by atoms with Crippen LogP contribution in [0.15, 0.2) is 40.9 Å². The van der Waals surface area contributed by atoms with Crippen LogP contribution in [0, 0.1) is 0 Å². The average Bonchev–Trinajstić information content (AvgIpc) is 3.16. The van der Waals surface area contributed by atoms with Crippen molar-refractivity contribution in [2.24, 2.45) is 0 Å². The second-order valence-electron chi connectivity index (χ2n) is 5.82. The summed E-state index contributed by atoms with van der Waals surface area (Å²) < 4.78 is 44.0. The fourth-order valence-electron chi connectivity index (χ4n) is 2.27. The van der Waals surface area contributed by atoms with E-state index in [0.29, 0.717) is 34.1 Å². The molecule has 31 heavy (non-hydrogen) atoms. The molecular weight excluding hydrogens is 475 g/mol. The Labute approximate surface area is 188 Å². The van der Waals surface area contributed by atoms with Gasteiger partial charge in [-0.3, -0.25) is 4.79 Å². The number of hydrogen-bond donors (Lipinski definition) is 2. The minimum absolute atomic E-state index is 0.0524. The first-order chi connectivity index (χ1) is 14.8. The molecule has 0 atom stereocenters. The fourth-order valence-corrected chi connectivity index (χ4v) is 4.04. The molecule has 1 aromatic carbocycles. The number of carbonyl (C=O) groups excluding carboxylic acids is 1. The molecule has 0 fully saturated rings. The highest BCUT2D eigenvalue weighted by atomic mass is 35.5. The number of benzene rings is 1. The number of halogens is 4. The van der Waals surface area contributed by atoms with E-state index < -0.39 is 17.6 Å². The van der Waals surface area contributed by atoms with Crippen LogP contribution in [-0.2, 0) is 11.0 Å². The number of amides is 1. The van der Waals surface area contributed by atoms with Gasteiger partial charge in [0.25, 0.3) is 0 Å². The summed E-state index contributed by atoms with van der Waals surface area (Å²) in [5.41, 5.74) is -0.262. The first-order valence-electron chi connectivity index (χ1n) is 8.74. The Morgan fingerprint density at radius 2 is 2.06 bits per heavy atom. The lowest BCUT2D eigenvalue weighted by molar-refractivity contribution is -0.137. The largest absolute Gasteiger partial charge is 0.492 e. The number of alkyl halides is 3. The summed E-state index contributed by atoms with van der Waals surface area (Å²) >= 11 is 8.15. The number of para-hydroxylation sites is 2. The zero-order valence-electron chi connectivity index (χ0n) is 15.9.